The molecule has 2 aromatic heterocycles. The largest absolute Gasteiger partial charge is 0.275 e. The molecule has 125 valence electrons. The van der Waals surface area contributed by atoms with E-state index in [2.05, 4.69) is 54.7 Å². The minimum absolute atomic E-state index is 0.953. The summed E-state index contributed by atoms with van der Waals surface area (Å²) in [5, 5.41) is 4.70. The van der Waals surface area contributed by atoms with E-state index in [1.807, 2.05) is 29.9 Å². The van der Waals surface area contributed by atoms with Crippen molar-refractivity contribution in [2.45, 2.75) is 12.8 Å². The lowest BCUT2D eigenvalue weighted by molar-refractivity contribution is 0.770. The topological polar surface area (TPSA) is 30.7 Å². The molecule has 26 heavy (non-hydrogen) atoms. The zero-order chi connectivity index (χ0) is 17.5. The van der Waals surface area contributed by atoms with Crippen molar-refractivity contribution in [1.29, 1.82) is 0 Å². The van der Waals surface area contributed by atoms with Gasteiger partial charge in [-0.2, -0.15) is 5.10 Å². The standard InChI is InChI=1S/C23H18N3/c1-26-15-18-12-13-21-20(23(18)25-26)14-19(16-8-4-2-5-9-16)22(24-21)17-10-6-3-7-11-17/h2,4-11,14-15H,12-13H2,1H3. The van der Waals surface area contributed by atoms with E-state index in [9.17, 15) is 0 Å². The van der Waals surface area contributed by atoms with Gasteiger partial charge in [-0.25, -0.2) is 0 Å². The van der Waals surface area contributed by atoms with Crippen LogP contribution in [-0.2, 0) is 19.9 Å². The van der Waals surface area contributed by atoms with Crippen LogP contribution in [-0.4, -0.2) is 14.8 Å². The molecule has 2 aromatic carbocycles. The molecule has 5 rings (SSSR count). The fraction of sp³-hybridized carbons (Fsp3) is 0.130. The number of aromatic nitrogens is 3. The Morgan fingerprint density at radius 2 is 1.69 bits per heavy atom. The predicted molar refractivity (Wildman–Crippen MR) is 104 cm³/mol. The Labute approximate surface area is 153 Å². The van der Waals surface area contributed by atoms with Crippen LogP contribution in [0, 0.1) is 6.07 Å². The molecule has 0 bridgehead atoms. The number of fused-ring (bicyclic) bond motifs is 3. The normalized spacial score (nSPS) is 12.5. The number of rotatable bonds is 2. The molecule has 0 spiro atoms. The van der Waals surface area contributed by atoms with Gasteiger partial charge >= 0.3 is 0 Å². The highest BCUT2D eigenvalue weighted by atomic mass is 15.3. The second-order valence-electron chi connectivity index (χ2n) is 6.71. The molecule has 1 aliphatic rings. The molecular weight excluding hydrogens is 318 g/mol. The summed E-state index contributed by atoms with van der Waals surface area (Å²) in [6.07, 6.45) is 4.08. The van der Waals surface area contributed by atoms with Crippen LogP contribution in [0.2, 0.25) is 0 Å². The summed E-state index contributed by atoms with van der Waals surface area (Å²) in [5.74, 6) is 0. The number of hydrogen-bond acceptors (Lipinski definition) is 2. The average molecular weight is 336 g/mol. The van der Waals surface area contributed by atoms with Crippen LogP contribution in [0.4, 0.5) is 0 Å². The maximum Gasteiger partial charge on any atom is 0.0973 e. The Kier molecular flexibility index (Phi) is 3.45. The first-order valence-corrected chi connectivity index (χ1v) is 8.88. The van der Waals surface area contributed by atoms with E-state index in [1.54, 1.807) is 0 Å². The maximum absolute atomic E-state index is 5.10. The van der Waals surface area contributed by atoms with Crippen LogP contribution >= 0.6 is 0 Å². The highest BCUT2D eigenvalue weighted by Crippen LogP contribution is 2.38. The van der Waals surface area contributed by atoms with Crippen LogP contribution in [0.1, 0.15) is 11.3 Å². The number of pyridine rings is 1. The summed E-state index contributed by atoms with van der Waals surface area (Å²) in [4.78, 5) is 5.10. The third-order valence-corrected chi connectivity index (χ3v) is 4.97. The summed E-state index contributed by atoms with van der Waals surface area (Å²) in [5.41, 5.74) is 9.16. The molecule has 2 heterocycles. The molecule has 0 N–H and O–H groups in total. The summed E-state index contributed by atoms with van der Waals surface area (Å²) in [7, 11) is 1.98. The van der Waals surface area contributed by atoms with Crippen LogP contribution < -0.4 is 0 Å². The molecule has 4 aromatic rings. The van der Waals surface area contributed by atoms with E-state index in [4.69, 9.17) is 10.1 Å². The Hall–Kier alpha value is -3.20. The summed E-state index contributed by atoms with van der Waals surface area (Å²) < 4.78 is 1.91. The number of aryl methyl sites for hydroxylation is 3. The Morgan fingerprint density at radius 3 is 2.50 bits per heavy atom. The molecule has 3 nitrogen and oxygen atoms in total. The Morgan fingerprint density at radius 1 is 0.885 bits per heavy atom. The quantitative estimate of drug-likeness (QED) is 0.530. The molecule has 0 amide bonds. The predicted octanol–water partition coefficient (Wildman–Crippen LogP) is 4.71. The Balaban J connectivity index is 1.79. The monoisotopic (exact) mass is 336 g/mol. The van der Waals surface area contributed by atoms with Gasteiger partial charge in [0, 0.05) is 29.9 Å². The number of nitrogens with zero attached hydrogens (tertiary/aromatic N) is 3. The van der Waals surface area contributed by atoms with Gasteiger partial charge in [0.2, 0.25) is 0 Å². The average Bonchev–Trinajstić information content (AvgIpc) is 3.09. The molecule has 0 atom stereocenters. The third kappa shape index (κ3) is 2.44. The molecule has 0 saturated carbocycles. The molecule has 3 heteroatoms. The molecule has 0 aliphatic heterocycles. The van der Waals surface area contributed by atoms with E-state index in [1.165, 1.54) is 11.1 Å². The van der Waals surface area contributed by atoms with Gasteiger partial charge in [0.25, 0.3) is 0 Å². The first-order valence-electron chi connectivity index (χ1n) is 8.88. The van der Waals surface area contributed by atoms with Crippen molar-refractivity contribution in [2.24, 2.45) is 7.05 Å². The van der Waals surface area contributed by atoms with Crippen molar-refractivity contribution in [2.75, 3.05) is 0 Å². The molecule has 0 saturated heterocycles. The summed E-state index contributed by atoms with van der Waals surface area (Å²) in [6.45, 7) is 0. The second kappa shape index (κ2) is 5.95. The van der Waals surface area contributed by atoms with Crippen molar-refractivity contribution in [3.8, 4) is 33.6 Å². The second-order valence-corrected chi connectivity index (χ2v) is 6.71. The van der Waals surface area contributed by atoms with E-state index in [-0.39, 0.29) is 0 Å². The van der Waals surface area contributed by atoms with Crippen molar-refractivity contribution in [3.05, 3.63) is 84.2 Å². The first kappa shape index (κ1) is 15.1. The molecule has 0 unspecified atom stereocenters. The van der Waals surface area contributed by atoms with Crippen LogP contribution in [0.3, 0.4) is 0 Å². The van der Waals surface area contributed by atoms with Gasteiger partial charge in [-0.3, -0.25) is 9.67 Å². The third-order valence-electron chi connectivity index (χ3n) is 4.97. The Bertz CT molecular complexity index is 1080. The minimum Gasteiger partial charge on any atom is -0.275 e. The fourth-order valence-corrected chi connectivity index (χ4v) is 3.75. The SMILES string of the molecule is Cn1cc2c(n1)-c1cc(-c3ccccc3)c(-c3cc[c]cc3)nc1CC2. The van der Waals surface area contributed by atoms with E-state index >= 15 is 0 Å². The lowest BCUT2D eigenvalue weighted by Crippen LogP contribution is -2.07. The van der Waals surface area contributed by atoms with E-state index < -0.39 is 0 Å². The molecule has 1 aliphatic carbocycles. The van der Waals surface area contributed by atoms with Crippen LogP contribution in [0.5, 0.6) is 0 Å². The zero-order valence-electron chi connectivity index (χ0n) is 14.6. The number of hydrogen-bond donors (Lipinski definition) is 0. The lowest BCUT2D eigenvalue weighted by Gasteiger charge is -2.19. The smallest absolute Gasteiger partial charge is 0.0973 e. The van der Waals surface area contributed by atoms with Crippen molar-refractivity contribution >= 4 is 0 Å². The van der Waals surface area contributed by atoms with Gasteiger partial charge in [0.1, 0.15) is 0 Å². The first-order chi connectivity index (χ1) is 12.8. The molecular formula is C23H18N3. The van der Waals surface area contributed by atoms with Crippen molar-refractivity contribution in [3.63, 3.8) is 0 Å². The van der Waals surface area contributed by atoms with Crippen LogP contribution in [0.15, 0.2) is 66.9 Å². The van der Waals surface area contributed by atoms with Gasteiger partial charge < -0.3 is 0 Å². The minimum atomic E-state index is 0.953. The van der Waals surface area contributed by atoms with E-state index in [0.717, 1.165) is 46.6 Å². The summed E-state index contributed by atoms with van der Waals surface area (Å²) >= 11 is 0. The van der Waals surface area contributed by atoms with Gasteiger partial charge in [-0.1, -0.05) is 54.6 Å². The van der Waals surface area contributed by atoms with Gasteiger partial charge in [0.15, 0.2) is 0 Å². The van der Waals surface area contributed by atoms with Gasteiger partial charge in [-0.15, -0.1) is 0 Å². The molecule has 1 radical (unpaired) electrons. The van der Waals surface area contributed by atoms with Crippen molar-refractivity contribution < 1.29 is 0 Å². The van der Waals surface area contributed by atoms with E-state index in [0.29, 0.717) is 0 Å². The van der Waals surface area contributed by atoms with Gasteiger partial charge in [0.05, 0.1) is 17.1 Å². The van der Waals surface area contributed by atoms with Gasteiger partial charge in [-0.05, 0) is 36.1 Å². The maximum atomic E-state index is 5.10. The van der Waals surface area contributed by atoms with Crippen molar-refractivity contribution in [1.82, 2.24) is 14.8 Å². The lowest BCUT2D eigenvalue weighted by atomic mass is 9.90. The highest BCUT2D eigenvalue weighted by molar-refractivity contribution is 5.85. The highest BCUT2D eigenvalue weighted by Gasteiger charge is 2.23. The molecule has 0 fully saturated rings. The summed E-state index contributed by atoms with van der Waals surface area (Å²) in [6, 6.07) is 23.9. The number of benzene rings is 2. The fourth-order valence-electron chi connectivity index (χ4n) is 3.75. The van der Waals surface area contributed by atoms with Crippen LogP contribution in [0.25, 0.3) is 33.6 Å². The zero-order valence-corrected chi connectivity index (χ0v) is 14.6.